The Morgan fingerprint density at radius 3 is 2.45 bits per heavy atom. The first-order valence-corrected chi connectivity index (χ1v) is 14.5. The number of benzene rings is 4. The van der Waals surface area contributed by atoms with E-state index in [0.717, 1.165) is 28.1 Å². The zero-order chi connectivity index (χ0) is 29.9. The molecule has 42 heavy (non-hydrogen) atoms. The van der Waals surface area contributed by atoms with E-state index in [1.807, 2.05) is 43.3 Å². The van der Waals surface area contributed by atoms with E-state index < -0.39 is 12.1 Å². The molecule has 0 aliphatic carbocycles. The van der Waals surface area contributed by atoms with E-state index in [9.17, 15) is 9.59 Å². The highest BCUT2D eigenvalue weighted by atomic mass is 79.9. The summed E-state index contributed by atoms with van der Waals surface area (Å²) >= 11 is 3.60. The van der Waals surface area contributed by atoms with Crippen LogP contribution in [-0.4, -0.2) is 37.9 Å². The Morgan fingerprint density at radius 2 is 1.71 bits per heavy atom. The normalized spacial score (nSPS) is 11.7. The standard InChI is InChI=1S/C33H33BrN2O6/c1-4-6-19-40-25-15-12-24(13-16-25)33(38)42-28-17-11-22(20-30(28)39-3)21-35-36-32(37)27(5-2)41-29-18-14-23-9-7-8-10-26(23)31(29)34/h7-18,20-21,27H,4-6,19H2,1-3H3,(H,36,37). The summed E-state index contributed by atoms with van der Waals surface area (Å²) in [5.41, 5.74) is 3.56. The van der Waals surface area contributed by atoms with Crippen LogP contribution in [0.3, 0.4) is 0 Å². The molecule has 4 rings (SSSR count). The molecule has 0 aliphatic rings. The molecule has 0 saturated heterocycles. The molecule has 218 valence electrons. The lowest BCUT2D eigenvalue weighted by atomic mass is 10.1. The van der Waals surface area contributed by atoms with Gasteiger partial charge in [0.05, 0.1) is 30.0 Å². The lowest BCUT2D eigenvalue weighted by Gasteiger charge is -2.17. The number of hydrogen-bond donors (Lipinski definition) is 1. The number of carbonyl (C=O) groups is 2. The molecule has 9 heteroatoms. The Kier molecular flexibility index (Phi) is 10.9. The number of hydrogen-bond acceptors (Lipinski definition) is 7. The molecule has 0 saturated carbocycles. The Bertz CT molecular complexity index is 1550. The summed E-state index contributed by atoms with van der Waals surface area (Å²) in [6, 6.07) is 23.5. The van der Waals surface area contributed by atoms with Crippen LogP contribution in [0.15, 0.2) is 88.4 Å². The van der Waals surface area contributed by atoms with Gasteiger partial charge in [-0.15, -0.1) is 0 Å². The van der Waals surface area contributed by atoms with Gasteiger partial charge >= 0.3 is 5.97 Å². The van der Waals surface area contributed by atoms with Crippen LogP contribution in [0.2, 0.25) is 0 Å². The molecule has 1 unspecified atom stereocenters. The van der Waals surface area contributed by atoms with Crippen molar-refractivity contribution >= 4 is 44.8 Å². The third-order valence-electron chi connectivity index (χ3n) is 6.40. The van der Waals surface area contributed by atoms with Gasteiger partial charge < -0.3 is 18.9 Å². The second-order valence-electron chi connectivity index (χ2n) is 9.37. The largest absolute Gasteiger partial charge is 0.494 e. The van der Waals surface area contributed by atoms with E-state index in [0.29, 0.717) is 41.4 Å². The molecule has 0 aliphatic heterocycles. The molecule has 0 bridgehead atoms. The number of amides is 1. The number of methoxy groups -OCH3 is 1. The molecular weight excluding hydrogens is 600 g/mol. The molecule has 0 fully saturated rings. The molecule has 1 N–H and O–H groups in total. The minimum atomic E-state index is -0.743. The van der Waals surface area contributed by atoms with Crippen LogP contribution in [0.4, 0.5) is 0 Å². The number of halogens is 1. The Balaban J connectivity index is 1.35. The molecular formula is C33H33BrN2O6. The summed E-state index contributed by atoms with van der Waals surface area (Å²) in [6.45, 7) is 4.59. The number of esters is 1. The van der Waals surface area contributed by atoms with Gasteiger partial charge in [-0.05, 0) is 93.6 Å². The van der Waals surface area contributed by atoms with Gasteiger partial charge in [-0.1, -0.05) is 50.6 Å². The summed E-state index contributed by atoms with van der Waals surface area (Å²) < 4.78 is 23.4. The molecule has 0 heterocycles. The van der Waals surface area contributed by atoms with Crippen molar-refractivity contribution in [3.63, 3.8) is 0 Å². The number of nitrogens with zero attached hydrogens (tertiary/aromatic N) is 1. The highest BCUT2D eigenvalue weighted by molar-refractivity contribution is 9.10. The molecule has 1 amide bonds. The number of fused-ring (bicyclic) bond motifs is 1. The van der Waals surface area contributed by atoms with E-state index in [4.69, 9.17) is 18.9 Å². The first-order chi connectivity index (χ1) is 20.4. The van der Waals surface area contributed by atoms with Gasteiger partial charge in [0.25, 0.3) is 5.91 Å². The van der Waals surface area contributed by atoms with Crippen LogP contribution in [-0.2, 0) is 4.79 Å². The number of unbranched alkanes of at least 4 members (excludes halogenated alkanes) is 1. The third kappa shape index (κ3) is 7.88. The van der Waals surface area contributed by atoms with Gasteiger partial charge in [0, 0.05) is 0 Å². The van der Waals surface area contributed by atoms with Crippen LogP contribution in [0.1, 0.15) is 49.0 Å². The van der Waals surface area contributed by atoms with Crippen LogP contribution in [0.25, 0.3) is 10.8 Å². The van der Waals surface area contributed by atoms with E-state index in [2.05, 4.69) is 33.4 Å². The molecule has 4 aromatic rings. The first kappa shape index (κ1) is 30.6. The second kappa shape index (κ2) is 15.0. The summed E-state index contributed by atoms with van der Waals surface area (Å²) in [6.07, 6.45) is 3.19. The molecule has 4 aromatic carbocycles. The zero-order valence-corrected chi connectivity index (χ0v) is 25.3. The highest BCUT2D eigenvalue weighted by Crippen LogP contribution is 2.34. The molecule has 0 radical (unpaired) electrons. The lowest BCUT2D eigenvalue weighted by molar-refractivity contribution is -0.128. The van der Waals surface area contributed by atoms with E-state index in [1.54, 1.807) is 42.5 Å². The number of carbonyl (C=O) groups excluding carboxylic acids is 2. The maximum Gasteiger partial charge on any atom is 0.343 e. The van der Waals surface area contributed by atoms with Crippen LogP contribution in [0, 0.1) is 0 Å². The monoisotopic (exact) mass is 632 g/mol. The SMILES string of the molecule is CCCCOc1ccc(C(=O)Oc2ccc(C=NNC(=O)C(CC)Oc3ccc4ccccc4c3Br)cc2OC)cc1. The molecule has 0 aromatic heterocycles. The van der Waals surface area contributed by atoms with Crippen molar-refractivity contribution in [1.82, 2.24) is 5.43 Å². The third-order valence-corrected chi connectivity index (χ3v) is 7.21. The molecule has 0 spiro atoms. The van der Waals surface area contributed by atoms with Crippen molar-refractivity contribution in [2.24, 2.45) is 5.10 Å². The maximum absolute atomic E-state index is 12.8. The van der Waals surface area contributed by atoms with Crippen LogP contribution < -0.4 is 24.4 Å². The minimum Gasteiger partial charge on any atom is -0.494 e. The average Bonchev–Trinajstić information content (AvgIpc) is 3.02. The predicted octanol–water partition coefficient (Wildman–Crippen LogP) is 7.32. The Morgan fingerprint density at radius 1 is 0.952 bits per heavy atom. The van der Waals surface area contributed by atoms with Gasteiger partial charge in [-0.3, -0.25) is 4.79 Å². The second-order valence-corrected chi connectivity index (χ2v) is 10.2. The zero-order valence-electron chi connectivity index (χ0n) is 23.8. The Labute approximate surface area is 253 Å². The lowest BCUT2D eigenvalue weighted by Crippen LogP contribution is -2.35. The fourth-order valence-corrected chi connectivity index (χ4v) is 4.64. The summed E-state index contributed by atoms with van der Waals surface area (Å²) in [5.74, 6) is 0.970. The summed E-state index contributed by atoms with van der Waals surface area (Å²) in [5, 5.41) is 6.14. The first-order valence-electron chi connectivity index (χ1n) is 13.7. The van der Waals surface area contributed by atoms with Gasteiger partial charge in [-0.2, -0.15) is 5.10 Å². The summed E-state index contributed by atoms with van der Waals surface area (Å²) in [7, 11) is 1.48. The maximum atomic E-state index is 12.8. The number of rotatable bonds is 13. The van der Waals surface area contributed by atoms with Crippen molar-refractivity contribution in [3.05, 3.63) is 94.5 Å². The van der Waals surface area contributed by atoms with Crippen molar-refractivity contribution in [2.45, 2.75) is 39.2 Å². The number of nitrogens with one attached hydrogen (secondary N) is 1. The number of ether oxygens (including phenoxy) is 4. The predicted molar refractivity (Wildman–Crippen MR) is 167 cm³/mol. The fraction of sp³-hybridized carbons (Fsp3) is 0.242. The van der Waals surface area contributed by atoms with Crippen molar-refractivity contribution in [1.29, 1.82) is 0 Å². The Hall–Kier alpha value is -4.37. The van der Waals surface area contributed by atoms with Crippen LogP contribution in [0.5, 0.6) is 23.0 Å². The van der Waals surface area contributed by atoms with Crippen molar-refractivity contribution in [3.8, 4) is 23.0 Å². The van der Waals surface area contributed by atoms with E-state index in [-0.39, 0.29) is 11.7 Å². The van der Waals surface area contributed by atoms with Crippen molar-refractivity contribution in [2.75, 3.05) is 13.7 Å². The van der Waals surface area contributed by atoms with Gasteiger partial charge in [0.1, 0.15) is 11.5 Å². The molecule has 8 nitrogen and oxygen atoms in total. The van der Waals surface area contributed by atoms with Crippen LogP contribution >= 0.6 is 15.9 Å². The van der Waals surface area contributed by atoms with Crippen molar-refractivity contribution < 1.29 is 28.5 Å². The molecule has 1 atom stereocenters. The fourth-order valence-electron chi connectivity index (χ4n) is 4.05. The quantitative estimate of drug-likeness (QED) is 0.0545. The average molecular weight is 634 g/mol. The van der Waals surface area contributed by atoms with E-state index in [1.165, 1.54) is 13.3 Å². The summed E-state index contributed by atoms with van der Waals surface area (Å²) in [4.78, 5) is 25.5. The van der Waals surface area contributed by atoms with Gasteiger partial charge in [0.2, 0.25) is 0 Å². The van der Waals surface area contributed by atoms with E-state index >= 15 is 0 Å². The highest BCUT2D eigenvalue weighted by Gasteiger charge is 2.20. The smallest absolute Gasteiger partial charge is 0.343 e. The number of hydrazone groups is 1. The topological polar surface area (TPSA) is 95.5 Å². The van der Waals surface area contributed by atoms with Gasteiger partial charge in [0.15, 0.2) is 17.6 Å². The minimum absolute atomic E-state index is 0.257. The van der Waals surface area contributed by atoms with Gasteiger partial charge in [-0.25, -0.2) is 10.2 Å².